The summed E-state index contributed by atoms with van der Waals surface area (Å²) in [5.41, 5.74) is 0. The largest absolute Gasteiger partial charge is 0.310 e. The molecule has 0 saturated carbocycles. The first-order chi connectivity index (χ1) is 11.8. The first kappa shape index (κ1) is 19.4. The number of carbonyl (C=O) groups excluding carboxylic acids is 1. The lowest BCUT2D eigenvalue weighted by atomic mass is 10.3. The van der Waals surface area contributed by atoms with Crippen molar-refractivity contribution >= 4 is 33.3 Å². The lowest BCUT2D eigenvalue weighted by molar-refractivity contribution is -0.116. The number of carbonyl (C=O) groups is 1. The number of anilines is 1. The molecular formula is C16H21ClN4O3S. The highest BCUT2D eigenvalue weighted by atomic mass is 35.5. The third-order valence-electron chi connectivity index (χ3n) is 3.60. The van der Waals surface area contributed by atoms with Crippen molar-refractivity contribution in [1.29, 1.82) is 0 Å². The third-order valence-corrected chi connectivity index (χ3v) is 5.67. The monoisotopic (exact) mass is 384 g/mol. The molecule has 2 aromatic rings. The van der Waals surface area contributed by atoms with Crippen LogP contribution in [0.5, 0.6) is 0 Å². The molecular weight excluding hydrogens is 364 g/mol. The number of nitrogens with one attached hydrogen (secondary N) is 1. The van der Waals surface area contributed by atoms with E-state index in [-0.39, 0.29) is 11.4 Å². The average molecular weight is 385 g/mol. The molecule has 2 rings (SSSR count). The molecule has 1 amide bonds. The number of benzene rings is 1. The van der Waals surface area contributed by atoms with E-state index in [1.807, 2.05) is 0 Å². The molecule has 1 aromatic carbocycles. The number of aryl methyl sites for hydroxylation is 1. The molecule has 0 radical (unpaired) electrons. The number of hydrogen-bond donors (Lipinski definition) is 1. The van der Waals surface area contributed by atoms with Gasteiger partial charge in [-0.3, -0.25) is 4.79 Å². The Morgan fingerprint density at radius 1 is 1.28 bits per heavy atom. The van der Waals surface area contributed by atoms with Crippen molar-refractivity contribution in [3.63, 3.8) is 0 Å². The van der Waals surface area contributed by atoms with E-state index in [2.05, 4.69) is 17.3 Å². The Morgan fingerprint density at radius 3 is 2.60 bits per heavy atom. The zero-order valence-corrected chi connectivity index (χ0v) is 15.7. The standard InChI is InChI=1S/C16H21ClN4O3S/c1-3-4-11-21-15(9-10-18-21)19-16(22)12-20(2)25(23,24)14-7-5-13(17)6-8-14/h5-10H,3-4,11-12H2,1-2H3,(H,19,22). The first-order valence-corrected chi connectivity index (χ1v) is 9.70. The van der Waals surface area contributed by atoms with Crippen LogP contribution >= 0.6 is 11.6 Å². The van der Waals surface area contributed by atoms with Gasteiger partial charge in [0.1, 0.15) is 5.82 Å². The van der Waals surface area contributed by atoms with Gasteiger partial charge < -0.3 is 5.32 Å². The maximum Gasteiger partial charge on any atom is 0.243 e. The fourth-order valence-electron chi connectivity index (χ4n) is 2.18. The Bertz CT molecular complexity index is 818. The molecule has 0 aliphatic heterocycles. The van der Waals surface area contributed by atoms with Crippen LogP contribution in [0.15, 0.2) is 41.4 Å². The van der Waals surface area contributed by atoms with E-state index in [1.165, 1.54) is 31.3 Å². The van der Waals surface area contributed by atoms with Crippen molar-refractivity contribution < 1.29 is 13.2 Å². The number of amides is 1. The summed E-state index contributed by atoms with van der Waals surface area (Å²) in [6.45, 7) is 2.46. The molecule has 1 heterocycles. The summed E-state index contributed by atoms with van der Waals surface area (Å²) >= 11 is 5.78. The van der Waals surface area contributed by atoms with Gasteiger partial charge >= 0.3 is 0 Å². The lowest BCUT2D eigenvalue weighted by Gasteiger charge is -2.17. The summed E-state index contributed by atoms with van der Waals surface area (Å²) in [5.74, 6) is 0.119. The molecule has 0 fully saturated rings. The maximum atomic E-state index is 12.5. The van der Waals surface area contributed by atoms with Crippen molar-refractivity contribution in [2.75, 3.05) is 18.9 Å². The van der Waals surface area contributed by atoms with Crippen LogP contribution in [-0.4, -0.2) is 42.0 Å². The zero-order valence-electron chi connectivity index (χ0n) is 14.1. The lowest BCUT2D eigenvalue weighted by Crippen LogP contribution is -2.35. The van der Waals surface area contributed by atoms with Gasteiger partial charge in [-0.1, -0.05) is 24.9 Å². The number of unbranched alkanes of at least 4 members (excludes halogenated alkanes) is 1. The highest BCUT2D eigenvalue weighted by Gasteiger charge is 2.23. The van der Waals surface area contributed by atoms with E-state index in [0.29, 0.717) is 17.4 Å². The maximum absolute atomic E-state index is 12.5. The van der Waals surface area contributed by atoms with Crippen LogP contribution in [0.2, 0.25) is 5.02 Å². The molecule has 0 aliphatic carbocycles. The van der Waals surface area contributed by atoms with Gasteiger partial charge in [-0.25, -0.2) is 13.1 Å². The van der Waals surface area contributed by atoms with E-state index < -0.39 is 15.9 Å². The first-order valence-electron chi connectivity index (χ1n) is 7.88. The van der Waals surface area contributed by atoms with E-state index >= 15 is 0 Å². The fraction of sp³-hybridized carbons (Fsp3) is 0.375. The fourth-order valence-corrected chi connectivity index (χ4v) is 3.43. The van der Waals surface area contributed by atoms with Gasteiger partial charge in [0.25, 0.3) is 0 Å². The summed E-state index contributed by atoms with van der Waals surface area (Å²) < 4.78 is 27.6. The Morgan fingerprint density at radius 2 is 1.96 bits per heavy atom. The van der Waals surface area contributed by atoms with Gasteiger partial charge in [0.05, 0.1) is 17.6 Å². The van der Waals surface area contributed by atoms with Gasteiger partial charge in [-0.15, -0.1) is 0 Å². The van der Waals surface area contributed by atoms with Gasteiger partial charge in [-0.05, 0) is 30.7 Å². The predicted molar refractivity (Wildman–Crippen MR) is 97.0 cm³/mol. The molecule has 0 saturated heterocycles. The molecule has 0 bridgehead atoms. The topological polar surface area (TPSA) is 84.3 Å². The number of aromatic nitrogens is 2. The zero-order chi connectivity index (χ0) is 18.4. The Labute approximate surface area is 152 Å². The van der Waals surface area contributed by atoms with Crippen LogP contribution in [0.3, 0.4) is 0 Å². The van der Waals surface area contributed by atoms with Crippen LogP contribution in [0.25, 0.3) is 0 Å². The number of nitrogens with zero attached hydrogens (tertiary/aromatic N) is 3. The van der Waals surface area contributed by atoms with E-state index in [1.54, 1.807) is 16.9 Å². The van der Waals surface area contributed by atoms with E-state index in [4.69, 9.17) is 11.6 Å². The van der Waals surface area contributed by atoms with Crippen LogP contribution < -0.4 is 5.32 Å². The normalized spacial score (nSPS) is 11.7. The number of hydrogen-bond acceptors (Lipinski definition) is 4. The second-order valence-electron chi connectivity index (χ2n) is 5.56. The molecule has 1 N–H and O–H groups in total. The summed E-state index contributed by atoms with van der Waals surface area (Å²) in [7, 11) is -2.40. The number of sulfonamides is 1. The third kappa shape index (κ3) is 5.04. The molecule has 9 heteroatoms. The molecule has 136 valence electrons. The van der Waals surface area contributed by atoms with Crippen LogP contribution in [-0.2, 0) is 21.4 Å². The molecule has 0 spiro atoms. The summed E-state index contributed by atoms with van der Waals surface area (Å²) in [6.07, 6.45) is 3.55. The molecule has 0 aliphatic rings. The summed E-state index contributed by atoms with van der Waals surface area (Å²) in [6, 6.07) is 7.49. The molecule has 25 heavy (non-hydrogen) atoms. The van der Waals surface area contributed by atoms with Crippen LogP contribution in [0, 0.1) is 0 Å². The minimum Gasteiger partial charge on any atom is -0.310 e. The van der Waals surface area contributed by atoms with Crippen molar-refractivity contribution in [3.8, 4) is 0 Å². The Hall–Kier alpha value is -1.90. The number of likely N-dealkylation sites (N-methyl/N-ethyl adjacent to an activating group) is 1. The minimum absolute atomic E-state index is 0.0835. The molecule has 7 nitrogen and oxygen atoms in total. The van der Waals surface area contributed by atoms with Gasteiger partial charge in [-0.2, -0.15) is 9.40 Å². The van der Waals surface area contributed by atoms with Gasteiger partial charge in [0.2, 0.25) is 15.9 Å². The van der Waals surface area contributed by atoms with Crippen LogP contribution in [0.1, 0.15) is 19.8 Å². The van der Waals surface area contributed by atoms with Crippen molar-refractivity contribution in [2.45, 2.75) is 31.2 Å². The Balaban J connectivity index is 2.02. The van der Waals surface area contributed by atoms with Crippen molar-refractivity contribution in [1.82, 2.24) is 14.1 Å². The molecule has 0 atom stereocenters. The SMILES string of the molecule is CCCCn1nccc1NC(=O)CN(C)S(=O)(=O)c1ccc(Cl)cc1. The smallest absolute Gasteiger partial charge is 0.243 e. The van der Waals surface area contributed by atoms with Crippen molar-refractivity contribution in [2.24, 2.45) is 0 Å². The molecule has 0 unspecified atom stereocenters. The highest BCUT2D eigenvalue weighted by molar-refractivity contribution is 7.89. The Kier molecular flexibility index (Phi) is 6.57. The van der Waals surface area contributed by atoms with Crippen molar-refractivity contribution in [3.05, 3.63) is 41.6 Å². The van der Waals surface area contributed by atoms with E-state index in [9.17, 15) is 13.2 Å². The minimum atomic E-state index is -3.76. The summed E-state index contributed by atoms with van der Waals surface area (Å²) in [4.78, 5) is 12.3. The molecule has 1 aromatic heterocycles. The summed E-state index contributed by atoms with van der Waals surface area (Å²) in [5, 5.41) is 7.29. The predicted octanol–water partition coefficient (Wildman–Crippen LogP) is 2.60. The number of halogens is 1. The average Bonchev–Trinajstić information content (AvgIpc) is 3.00. The van der Waals surface area contributed by atoms with Crippen LogP contribution in [0.4, 0.5) is 5.82 Å². The van der Waals surface area contributed by atoms with E-state index in [0.717, 1.165) is 17.1 Å². The van der Waals surface area contributed by atoms with Gasteiger partial charge in [0.15, 0.2) is 0 Å². The number of rotatable bonds is 8. The van der Waals surface area contributed by atoms with Gasteiger partial charge in [0, 0.05) is 24.7 Å². The quantitative estimate of drug-likeness (QED) is 0.758. The second kappa shape index (κ2) is 8.46. The second-order valence-corrected chi connectivity index (χ2v) is 8.04. The highest BCUT2D eigenvalue weighted by Crippen LogP contribution is 2.17.